The number of fused-ring (bicyclic) bond motifs is 1. The summed E-state index contributed by atoms with van der Waals surface area (Å²) in [7, 11) is -3.89. The van der Waals surface area contributed by atoms with Crippen LogP contribution < -0.4 is 11.1 Å². The Morgan fingerprint density at radius 1 is 1.04 bits per heavy atom. The third-order valence-electron chi connectivity index (χ3n) is 3.94. The Morgan fingerprint density at radius 3 is 2.39 bits per heavy atom. The highest BCUT2D eigenvalue weighted by molar-refractivity contribution is 7.97. The zero-order valence-electron chi connectivity index (χ0n) is 12.8. The third kappa shape index (κ3) is 2.41. The number of carbonyl (C=O) groups excluding carboxylic acids is 1. The maximum absolute atomic E-state index is 12.5. The summed E-state index contributed by atoms with van der Waals surface area (Å²) < 4.78 is 25.1. The van der Waals surface area contributed by atoms with Crippen LogP contribution in [0.2, 0.25) is 0 Å². The minimum Gasteiger partial charge on any atom is -0.365 e. The molecule has 0 atom stereocenters. The van der Waals surface area contributed by atoms with Crippen molar-refractivity contribution in [3.63, 3.8) is 0 Å². The average molecular weight is 328 g/mol. The van der Waals surface area contributed by atoms with E-state index in [2.05, 4.69) is 5.32 Å². The first-order chi connectivity index (χ1) is 10.8. The first kappa shape index (κ1) is 15.3. The summed E-state index contributed by atoms with van der Waals surface area (Å²) in [6.07, 6.45) is 0. The summed E-state index contributed by atoms with van der Waals surface area (Å²) in [4.78, 5) is 11.5. The quantitative estimate of drug-likeness (QED) is 0.905. The summed E-state index contributed by atoms with van der Waals surface area (Å²) in [5.41, 5.74) is 8.91. The predicted molar refractivity (Wildman–Crippen MR) is 89.3 cm³/mol. The molecule has 5 nitrogen and oxygen atoms in total. The number of primary amides is 1. The van der Waals surface area contributed by atoms with E-state index in [1.54, 1.807) is 18.2 Å². The highest BCUT2D eigenvalue weighted by Crippen LogP contribution is 2.39. The Balaban J connectivity index is 2.19. The largest absolute Gasteiger partial charge is 0.365 e. The number of benzene rings is 2. The number of sulfone groups is 1. The van der Waals surface area contributed by atoms with Gasteiger partial charge in [0.2, 0.25) is 9.84 Å². The first-order valence-corrected chi connectivity index (χ1v) is 8.53. The molecule has 0 saturated heterocycles. The molecule has 0 spiro atoms. The Kier molecular flexibility index (Phi) is 3.49. The lowest BCUT2D eigenvalue weighted by Gasteiger charge is -2.11. The molecule has 1 aliphatic heterocycles. The number of hydrogen-bond donors (Lipinski definition) is 2. The molecule has 3 N–H and O–H groups in total. The van der Waals surface area contributed by atoms with Crippen molar-refractivity contribution in [2.45, 2.75) is 18.7 Å². The van der Waals surface area contributed by atoms with E-state index in [9.17, 15) is 13.2 Å². The van der Waals surface area contributed by atoms with Crippen molar-refractivity contribution in [1.29, 1.82) is 0 Å². The van der Waals surface area contributed by atoms with E-state index in [1.165, 1.54) is 6.07 Å². The average Bonchev–Trinajstić information content (AvgIpc) is 2.71. The third-order valence-corrected chi connectivity index (χ3v) is 5.82. The standard InChI is InChI=1S/C17H16N2O3S/c1-10-7-8-12(9-11(10)2)19-15-13-5-3-4-6-14(13)23(21,22)16(15)17(18)20/h3-9,19H,1-2H3,(H2,18,20). The smallest absolute Gasteiger partial charge is 0.262 e. The number of hydrogen-bond acceptors (Lipinski definition) is 4. The Morgan fingerprint density at radius 2 is 1.74 bits per heavy atom. The van der Waals surface area contributed by atoms with Gasteiger partial charge >= 0.3 is 0 Å². The first-order valence-electron chi connectivity index (χ1n) is 7.05. The molecule has 0 bridgehead atoms. The maximum atomic E-state index is 12.5. The van der Waals surface area contributed by atoms with Gasteiger partial charge in [-0.1, -0.05) is 24.3 Å². The molecule has 0 fully saturated rings. The molecule has 1 heterocycles. The zero-order valence-corrected chi connectivity index (χ0v) is 13.6. The summed E-state index contributed by atoms with van der Waals surface area (Å²) in [6.45, 7) is 3.95. The summed E-state index contributed by atoms with van der Waals surface area (Å²) >= 11 is 0. The summed E-state index contributed by atoms with van der Waals surface area (Å²) in [5.74, 6) is -0.965. The van der Waals surface area contributed by atoms with Crippen LogP contribution >= 0.6 is 0 Å². The van der Waals surface area contributed by atoms with E-state index < -0.39 is 20.6 Å². The minimum atomic E-state index is -3.89. The van der Waals surface area contributed by atoms with Crippen molar-refractivity contribution in [3.05, 3.63) is 64.1 Å². The molecule has 0 aliphatic carbocycles. The lowest BCUT2D eigenvalue weighted by molar-refractivity contribution is -0.113. The van der Waals surface area contributed by atoms with Crippen molar-refractivity contribution in [2.24, 2.45) is 5.73 Å². The lowest BCUT2D eigenvalue weighted by Crippen LogP contribution is -2.20. The second-order valence-electron chi connectivity index (χ2n) is 5.49. The predicted octanol–water partition coefficient (Wildman–Crippen LogP) is 2.36. The van der Waals surface area contributed by atoms with Gasteiger partial charge in [0, 0.05) is 11.3 Å². The molecule has 6 heteroatoms. The summed E-state index contributed by atoms with van der Waals surface area (Å²) in [6, 6.07) is 12.1. The van der Waals surface area contributed by atoms with Crippen LogP contribution in [0, 0.1) is 13.8 Å². The minimum absolute atomic E-state index is 0.0973. The monoisotopic (exact) mass is 328 g/mol. The fourth-order valence-corrected chi connectivity index (χ4v) is 4.25. The molecule has 2 aromatic rings. The highest BCUT2D eigenvalue weighted by atomic mass is 32.2. The molecule has 1 amide bonds. The molecular formula is C17H16N2O3S. The van der Waals surface area contributed by atoms with Crippen LogP contribution in [-0.2, 0) is 14.6 Å². The van der Waals surface area contributed by atoms with Crippen LogP contribution in [0.15, 0.2) is 52.3 Å². The summed E-state index contributed by atoms with van der Waals surface area (Å²) in [5, 5.41) is 3.05. The number of aryl methyl sites for hydroxylation is 2. The van der Waals surface area contributed by atoms with Gasteiger partial charge in [0.1, 0.15) is 0 Å². The topological polar surface area (TPSA) is 89.3 Å². The van der Waals surface area contributed by atoms with Crippen LogP contribution in [0.25, 0.3) is 5.70 Å². The molecule has 0 unspecified atom stereocenters. The fourth-order valence-electron chi connectivity index (χ4n) is 2.62. The molecule has 118 valence electrons. The van der Waals surface area contributed by atoms with Gasteiger partial charge in [0.05, 0.1) is 10.6 Å². The Bertz CT molecular complexity index is 960. The SMILES string of the molecule is Cc1ccc(NC2=C(C(N)=O)S(=O)(=O)c3ccccc32)cc1C. The van der Waals surface area contributed by atoms with Crippen LogP contribution in [0.5, 0.6) is 0 Å². The number of rotatable bonds is 3. The molecule has 1 aliphatic rings. The molecule has 0 radical (unpaired) electrons. The number of nitrogens with one attached hydrogen (secondary N) is 1. The second-order valence-corrected chi connectivity index (χ2v) is 7.35. The van der Waals surface area contributed by atoms with E-state index in [0.29, 0.717) is 11.3 Å². The van der Waals surface area contributed by atoms with Gasteiger partial charge in [-0.2, -0.15) is 0 Å². The van der Waals surface area contributed by atoms with E-state index >= 15 is 0 Å². The van der Waals surface area contributed by atoms with Crippen molar-refractivity contribution in [3.8, 4) is 0 Å². The maximum Gasteiger partial charge on any atom is 0.262 e. The van der Waals surface area contributed by atoms with E-state index in [0.717, 1.165) is 11.1 Å². The van der Waals surface area contributed by atoms with Crippen molar-refractivity contribution >= 4 is 27.1 Å². The van der Waals surface area contributed by atoms with Gasteiger partial charge in [0.15, 0.2) is 4.91 Å². The molecule has 2 aromatic carbocycles. The number of anilines is 1. The van der Waals surface area contributed by atoms with Crippen LogP contribution in [0.4, 0.5) is 5.69 Å². The molecular weight excluding hydrogens is 312 g/mol. The van der Waals surface area contributed by atoms with Crippen molar-refractivity contribution < 1.29 is 13.2 Å². The Labute approximate surface area is 134 Å². The van der Waals surface area contributed by atoms with Gasteiger partial charge in [-0.05, 0) is 43.2 Å². The Hall–Kier alpha value is -2.60. The lowest BCUT2D eigenvalue weighted by atomic mass is 10.1. The molecule has 0 aromatic heterocycles. The number of nitrogens with two attached hydrogens (primary N) is 1. The van der Waals surface area contributed by atoms with Crippen LogP contribution in [-0.4, -0.2) is 14.3 Å². The molecule has 23 heavy (non-hydrogen) atoms. The van der Waals surface area contributed by atoms with E-state index in [4.69, 9.17) is 5.73 Å². The number of carbonyl (C=O) groups is 1. The van der Waals surface area contributed by atoms with Gasteiger partial charge in [-0.25, -0.2) is 8.42 Å². The number of amides is 1. The molecule has 0 saturated carbocycles. The van der Waals surface area contributed by atoms with Crippen molar-refractivity contribution in [1.82, 2.24) is 0 Å². The van der Waals surface area contributed by atoms with Gasteiger partial charge in [0.25, 0.3) is 5.91 Å². The molecule has 3 rings (SSSR count). The zero-order chi connectivity index (χ0) is 16.8. The second kappa shape index (κ2) is 5.24. The van der Waals surface area contributed by atoms with E-state index in [-0.39, 0.29) is 10.6 Å². The van der Waals surface area contributed by atoms with E-state index in [1.807, 2.05) is 32.0 Å². The van der Waals surface area contributed by atoms with Crippen molar-refractivity contribution in [2.75, 3.05) is 5.32 Å². The highest BCUT2D eigenvalue weighted by Gasteiger charge is 2.38. The van der Waals surface area contributed by atoms with Gasteiger partial charge in [-0.3, -0.25) is 4.79 Å². The normalized spacial score (nSPS) is 15.4. The van der Waals surface area contributed by atoms with Gasteiger partial charge in [-0.15, -0.1) is 0 Å². The van der Waals surface area contributed by atoms with Crippen LogP contribution in [0.3, 0.4) is 0 Å². The fraction of sp³-hybridized carbons (Fsp3) is 0.118. The van der Waals surface area contributed by atoms with Gasteiger partial charge < -0.3 is 11.1 Å². The van der Waals surface area contributed by atoms with Crippen LogP contribution in [0.1, 0.15) is 16.7 Å².